The first kappa shape index (κ1) is 20.5. The summed E-state index contributed by atoms with van der Waals surface area (Å²) in [6, 6.07) is 18.5. The second kappa shape index (κ2) is 8.92. The van der Waals surface area contributed by atoms with Crippen molar-refractivity contribution < 1.29 is 9.90 Å². The predicted molar refractivity (Wildman–Crippen MR) is 133 cm³/mol. The van der Waals surface area contributed by atoms with Gasteiger partial charge in [-0.1, -0.05) is 60.7 Å². The van der Waals surface area contributed by atoms with Gasteiger partial charge in [0, 0.05) is 12.0 Å². The lowest BCUT2D eigenvalue weighted by atomic mass is 10.1. The summed E-state index contributed by atoms with van der Waals surface area (Å²) >= 11 is 6.14. The van der Waals surface area contributed by atoms with Gasteiger partial charge in [0.1, 0.15) is 17.4 Å². The predicted octanol–water partition coefficient (Wildman–Crippen LogP) is 5.68. The molecule has 5 nitrogen and oxygen atoms in total. The molecule has 2 heterocycles. The van der Waals surface area contributed by atoms with Crippen molar-refractivity contribution in [3.8, 4) is 11.4 Å². The standard InChI is InChI=1S/C21H15I2N3O2S/c22-15-16-17(29-18(15)23)20(26-19(25-16)13-9-5-2-6-10-13)24-14(21(27)28)11-12-7-3-1-4-8-12/h1-10,14H,11H2,(H,27,28)(H,24,25,26)/t14-/m0/s1. The molecule has 0 fully saturated rings. The molecular weight excluding hydrogens is 612 g/mol. The van der Waals surface area contributed by atoms with Crippen LogP contribution in [-0.4, -0.2) is 27.1 Å². The molecule has 4 aromatic rings. The van der Waals surface area contributed by atoms with E-state index in [9.17, 15) is 9.90 Å². The van der Waals surface area contributed by atoms with E-state index in [2.05, 4.69) is 50.5 Å². The number of anilines is 1. The van der Waals surface area contributed by atoms with Gasteiger partial charge < -0.3 is 10.4 Å². The minimum absolute atomic E-state index is 0.363. The number of nitrogens with zero attached hydrogens (tertiary/aromatic N) is 2. The van der Waals surface area contributed by atoms with Gasteiger partial charge in [-0.25, -0.2) is 14.8 Å². The smallest absolute Gasteiger partial charge is 0.326 e. The number of hydrogen-bond donors (Lipinski definition) is 2. The number of nitrogens with one attached hydrogen (secondary N) is 1. The highest BCUT2D eigenvalue weighted by Gasteiger charge is 2.23. The van der Waals surface area contributed by atoms with Gasteiger partial charge >= 0.3 is 5.97 Å². The Morgan fingerprint density at radius 3 is 2.34 bits per heavy atom. The zero-order chi connectivity index (χ0) is 20.4. The molecule has 0 radical (unpaired) electrons. The minimum atomic E-state index is -0.914. The van der Waals surface area contributed by atoms with Crippen LogP contribution in [0.2, 0.25) is 0 Å². The summed E-state index contributed by atoms with van der Waals surface area (Å²) in [5.74, 6) is 0.224. The lowest BCUT2D eigenvalue weighted by Crippen LogP contribution is -2.32. The van der Waals surface area contributed by atoms with E-state index in [1.54, 1.807) is 11.3 Å². The molecule has 0 saturated heterocycles. The normalized spacial score (nSPS) is 12.1. The number of fused-ring (bicyclic) bond motifs is 1. The molecule has 0 bridgehead atoms. The lowest BCUT2D eigenvalue weighted by molar-refractivity contribution is -0.137. The third-order valence-corrected chi connectivity index (χ3v) is 8.98. The molecule has 2 aromatic heterocycles. The first-order chi connectivity index (χ1) is 14.0. The summed E-state index contributed by atoms with van der Waals surface area (Å²) in [6.45, 7) is 0. The summed E-state index contributed by atoms with van der Waals surface area (Å²) in [4.78, 5) is 21.4. The Bertz CT molecular complexity index is 1170. The van der Waals surface area contributed by atoms with E-state index in [0.29, 0.717) is 18.1 Å². The molecule has 1 atom stereocenters. The number of carboxylic acid groups (broad SMARTS) is 1. The summed E-state index contributed by atoms with van der Waals surface area (Å²) < 4.78 is 3.04. The van der Waals surface area contributed by atoms with Gasteiger partial charge in [-0.3, -0.25) is 0 Å². The second-order valence-corrected chi connectivity index (χ2v) is 10.3. The summed E-state index contributed by atoms with van der Waals surface area (Å²) in [5, 5.41) is 13.0. The zero-order valence-corrected chi connectivity index (χ0v) is 20.1. The topological polar surface area (TPSA) is 75.1 Å². The van der Waals surface area contributed by atoms with Gasteiger partial charge in [0.15, 0.2) is 5.82 Å². The molecule has 2 N–H and O–H groups in total. The molecule has 0 saturated carbocycles. The van der Waals surface area contributed by atoms with Crippen LogP contribution in [-0.2, 0) is 11.2 Å². The quantitative estimate of drug-likeness (QED) is 0.270. The Balaban J connectivity index is 1.78. The van der Waals surface area contributed by atoms with E-state index >= 15 is 0 Å². The Morgan fingerprint density at radius 2 is 1.69 bits per heavy atom. The fourth-order valence-electron chi connectivity index (χ4n) is 2.95. The van der Waals surface area contributed by atoms with Crippen molar-refractivity contribution in [1.29, 1.82) is 0 Å². The number of rotatable bonds is 6. The molecule has 0 unspecified atom stereocenters. The summed E-state index contributed by atoms with van der Waals surface area (Å²) in [7, 11) is 0. The number of halogens is 2. The monoisotopic (exact) mass is 627 g/mol. The van der Waals surface area contributed by atoms with Crippen LogP contribution < -0.4 is 5.32 Å². The van der Waals surface area contributed by atoms with Gasteiger partial charge in [0.25, 0.3) is 0 Å². The maximum atomic E-state index is 12.0. The van der Waals surface area contributed by atoms with Crippen molar-refractivity contribution in [2.24, 2.45) is 0 Å². The van der Waals surface area contributed by atoms with E-state index < -0.39 is 12.0 Å². The van der Waals surface area contributed by atoms with Crippen LogP contribution in [0.25, 0.3) is 21.6 Å². The number of thiophene rings is 1. The minimum Gasteiger partial charge on any atom is -0.480 e. The maximum absolute atomic E-state index is 12.0. The number of benzene rings is 2. The number of aromatic nitrogens is 2. The van der Waals surface area contributed by atoms with Crippen LogP contribution in [0.4, 0.5) is 5.82 Å². The van der Waals surface area contributed by atoms with Gasteiger partial charge in [-0.2, -0.15) is 0 Å². The van der Waals surface area contributed by atoms with E-state index in [1.807, 2.05) is 60.7 Å². The van der Waals surface area contributed by atoms with Crippen LogP contribution in [0.3, 0.4) is 0 Å². The number of carboxylic acids is 1. The molecule has 4 rings (SSSR count). The van der Waals surface area contributed by atoms with Crippen molar-refractivity contribution in [3.05, 3.63) is 72.7 Å². The largest absolute Gasteiger partial charge is 0.480 e. The Hall–Kier alpha value is -1.79. The molecule has 2 aromatic carbocycles. The molecule has 0 aliphatic heterocycles. The fraction of sp³-hybridized carbons (Fsp3) is 0.0952. The number of carbonyl (C=O) groups is 1. The van der Waals surface area contributed by atoms with Crippen molar-refractivity contribution in [3.63, 3.8) is 0 Å². The Kier molecular flexibility index (Phi) is 6.30. The molecule has 0 spiro atoms. The van der Waals surface area contributed by atoms with Gasteiger partial charge in [-0.15, -0.1) is 11.3 Å². The first-order valence-corrected chi connectivity index (χ1v) is 11.7. The summed E-state index contributed by atoms with van der Waals surface area (Å²) in [6.07, 6.45) is 0.363. The van der Waals surface area contributed by atoms with E-state index in [4.69, 9.17) is 9.97 Å². The second-order valence-electron chi connectivity index (χ2n) is 6.35. The van der Waals surface area contributed by atoms with Crippen molar-refractivity contribution in [2.75, 3.05) is 5.32 Å². The van der Waals surface area contributed by atoms with Crippen LogP contribution in [0, 0.1) is 6.45 Å². The molecule has 29 heavy (non-hydrogen) atoms. The average Bonchev–Trinajstić information content (AvgIpc) is 3.03. The highest BCUT2D eigenvalue weighted by Crippen LogP contribution is 2.37. The van der Waals surface area contributed by atoms with Crippen molar-refractivity contribution in [2.45, 2.75) is 12.5 Å². The van der Waals surface area contributed by atoms with Crippen LogP contribution >= 0.6 is 56.5 Å². The Morgan fingerprint density at radius 1 is 1.03 bits per heavy atom. The van der Waals surface area contributed by atoms with E-state index in [-0.39, 0.29) is 0 Å². The molecular formula is C21H15I2N3O2S. The first-order valence-electron chi connectivity index (χ1n) is 8.77. The molecule has 146 valence electrons. The highest BCUT2D eigenvalue weighted by molar-refractivity contribution is 14.1. The van der Waals surface area contributed by atoms with Crippen molar-refractivity contribution in [1.82, 2.24) is 9.97 Å². The third kappa shape index (κ3) is 4.53. The average molecular weight is 627 g/mol. The maximum Gasteiger partial charge on any atom is 0.326 e. The number of aliphatic carboxylic acids is 1. The van der Waals surface area contributed by atoms with Crippen molar-refractivity contribution >= 4 is 78.5 Å². The van der Waals surface area contributed by atoms with Gasteiger partial charge in [0.2, 0.25) is 0 Å². The zero-order valence-electron chi connectivity index (χ0n) is 15.0. The number of hydrogen-bond acceptors (Lipinski definition) is 5. The van der Waals surface area contributed by atoms with E-state index in [0.717, 1.165) is 27.8 Å². The molecule has 0 aliphatic carbocycles. The highest BCUT2D eigenvalue weighted by atomic mass is 127. The fourth-order valence-corrected chi connectivity index (χ4v) is 5.58. The Labute approximate surface area is 198 Å². The third-order valence-electron chi connectivity index (χ3n) is 4.36. The molecule has 0 amide bonds. The van der Waals surface area contributed by atoms with E-state index in [1.165, 1.54) is 0 Å². The van der Waals surface area contributed by atoms with Gasteiger partial charge in [-0.05, 0) is 50.7 Å². The SMILES string of the molecule is O=C(O)[C@H](Cc1ccccc1)Nc1nc(-c2ccccc2)nc2c(I)c(I)sc12. The van der Waals surface area contributed by atoms with Gasteiger partial charge in [0.05, 0.1) is 11.2 Å². The lowest BCUT2D eigenvalue weighted by Gasteiger charge is -2.16. The van der Waals surface area contributed by atoms with Crippen LogP contribution in [0.15, 0.2) is 60.7 Å². The molecule has 0 aliphatic rings. The summed E-state index contributed by atoms with van der Waals surface area (Å²) in [5.41, 5.74) is 2.70. The van der Waals surface area contributed by atoms with Crippen LogP contribution in [0.1, 0.15) is 5.56 Å². The van der Waals surface area contributed by atoms with Crippen LogP contribution in [0.5, 0.6) is 0 Å². The molecule has 8 heteroatoms.